The SMILES string of the molecule is C=CCOC(=O)[C@H](CC1CC1)NC(=O)C[C@@H]1CCC(=O)N1Cc1cc(F)cc(F)c1F. The minimum absolute atomic E-state index is 0.0382. The Morgan fingerprint density at radius 1 is 1.26 bits per heavy atom. The average Bonchev–Trinajstić information content (AvgIpc) is 3.48. The van der Waals surface area contributed by atoms with Gasteiger partial charge in [-0.25, -0.2) is 18.0 Å². The monoisotopic (exact) mass is 438 g/mol. The molecule has 1 saturated heterocycles. The number of nitrogens with zero attached hydrogens (tertiary/aromatic N) is 1. The van der Waals surface area contributed by atoms with E-state index in [1.807, 2.05) is 0 Å². The Balaban J connectivity index is 1.64. The van der Waals surface area contributed by atoms with Crippen LogP contribution in [-0.4, -0.2) is 41.4 Å². The van der Waals surface area contributed by atoms with Gasteiger partial charge in [0, 0.05) is 37.1 Å². The van der Waals surface area contributed by atoms with Crippen LogP contribution in [0.3, 0.4) is 0 Å². The normalized spacial score (nSPS) is 19.3. The molecule has 0 unspecified atom stereocenters. The van der Waals surface area contributed by atoms with Crippen molar-refractivity contribution in [3.63, 3.8) is 0 Å². The molecular formula is C22H25F3N2O4. The molecule has 1 aliphatic heterocycles. The highest BCUT2D eigenvalue weighted by Crippen LogP contribution is 2.34. The Bertz CT molecular complexity index is 873. The molecule has 0 spiro atoms. The molecule has 1 N–H and O–H groups in total. The first-order valence-corrected chi connectivity index (χ1v) is 10.3. The van der Waals surface area contributed by atoms with Crippen molar-refractivity contribution in [3.05, 3.63) is 47.8 Å². The van der Waals surface area contributed by atoms with Crippen molar-refractivity contribution in [1.82, 2.24) is 10.2 Å². The van der Waals surface area contributed by atoms with Crippen molar-refractivity contribution in [2.75, 3.05) is 6.61 Å². The van der Waals surface area contributed by atoms with Crippen LogP contribution in [0.5, 0.6) is 0 Å². The quantitative estimate of drug-likeness (QED) is 0.346. The van der Waals surface area contributed by atoms with E-state index >= 15 is 0 Å². The van der Waals surface area contributed by atoms with Gasteiger partial charge in [-0.15, -0.1) is 0 Å². The maximum atomic E-state index is 14.0. The molecule has 31 heavy (non-hydrogen) atoms. The van der Waals surface area contributed by atoms with Crippen molar-refractivity contribution >= 4 is 17.8 Å². The van der Waals surface area contributed by atoms with Crippen LogP contribution in [0.1, 0.15) is 44.1 Å². The summed E-state index contributed by atoms with van der Waals surface area (Å²) in [6.45, 7) is 3.18. The maximum absolute atomic E-state index is 14.0. The lowest BCUT2D eigenvalue weighted by Crippen LogP contribution is -2.44. The molecular weight excluding hydrogens is 413 g/mol. The van der Waals surface area contributed by atoms with Gasteiger partial charge in [0.25, 0.3) is 0 Å². The van der Waals surface area contributed by atoms with Gasteiger partial charge in [-0.2, -0.15) is 0 Å². The lowest BCUT2D eigenvalue weighted by atomic mass is 10.1. The van der Waals surface area contributed by atoms with E-state index in [1.54, 1.807) is 0 Å². The molecule has 6 nitrogen and oxygen atoms in total. The summed E-state index contributed by atoms with van der Waals surface area (Å²) in [6.07, 6.45) is 4.27. The third kappa shape index (κ3) is 6.08. The van der Waals surface area contributed by atoms with E-state index in [-0.39, 0.29) is 37.5 Å². The molecule has 1 saturated carbocycles. The average molecular weight is 438 g/mol. The van der Waals surface area contributed by atoms with Crippen LogP contribution in [0.25, 0.3) is 0 Å². The first kappa shape index (κ1) is 22.8. The van der Waals surface area contributed by atoms with Crippen molar-refractivity contribution in [2.24, 2.45) is 5.92 Å². The summed E-state index contributed by atoms with van der Waals surface area (Å²) in [5.74, 6) is -4.47. The van der Waals surface area contributed by atoms with Crippen LogP contribution in [0.4, 0.5) is 13.2 Å². The summed E-state index contributed by atoms with van der Waals surface area (Å²) in [5.41, 5.74) is -0.294. The van der Waals surface area contributed by atoms with Crippen LogP contribution in [0.2, 0.25) is 0 Å². The summed E-state index contributed by atoms with van der Waals surface area (Å²) >= 11 is 0. The Kier molecular flexibility index (Phi) is 7.35. The van der Waals surface area contributed by atoms with Crippen molar-refractivity contribution < 1.29 is 32.3 Å². The Labute approximate surface area is 178 Å². The topological polar surface area (TPSA) is 75.7 Å². The zero-order valence-electron chi connectivity index (χ0n) is 17.0. The fraction of sp³-hybridized carbons (Fsp3) is 0.500. The van der Waals surface area contributed by atoms with Crippen molar-refractivity contribution in [3.8, 4) is 0 Å². The van der Waals surface area contributed by atoms with E-state index < -0.39 is 41.4 Å². The summed E-state index contributed by atoms with van der Waals surface area (Å²) in [5, 5.41) is 2.67. The fourth-order valence-corrected chi connectivity index (χ4v) is 3.74. The molecule has 1 aromatic carbocycles. The molecule has 2 atom stereocenters. The molecule has 0 aromatic heterocycles. The van der Waals surface area contributed by atoms with E-state index in [0.29, 0.717) is 24.8 Å². The molecule has 2 amide bonds. The molecule has 0 radical (unpaired) electrons. The minimum Gasteiger partial charge on any atom is -0.460 e. The van der Waals surface area contributed by atoms with E-state index in [0.717, 1.165) is 18.9 Å². The molecule has 2 aliphatic rings. The van der Waals surface area contributed by atoms with Crippen LogP contribution in [0.15, 0.2) is 24.8 Å². The standard InChI is InChI=1S/C22H25F3N2O4/c1-2-7-31-22(30)18(8-13-3-4-13)26-19(28)11-16-5-6-20(29)27(16)12-14-9-15(23)10-17(24)21(14)25/h2,9-10,13,16,18H,1,3-8,11-12H2,(H,26,28)/t16-,18-/m0/s1. The first-order valence-electron chi connectivity index (χ1n) is 10.3. The second kappa shape index (κ2) is 9.98. The summed E-state index contributed by atoms with van der Waals surface area (Å²) in [4.78, 5) is 38.3. The summed E-state index contributed by atoms with van der Waals surface area (Å²) in [7, 11) is 0. The molecule has 1 heterocycles. The predicted molar refractivity (Wildman–Crippen MR) is 105 cm³/mol. The van der Waals surface area contributed by atoms with Gasteiger partial charge in [0.05, 0.1) is 0 Å². The minimum atomic E-state index is -1.34. The molecule has 168 valence electrons. The van der Waals surface area contributed by atoms with Gasteiger partial charge in [0.2, 0.25) is 11.8 Å². The van der Waals surface area contributed by atoms with E-state index in [2.05, 4.69) is 11.9 Å². The number of halogens is 3. The van der Waals surface area contributed by atoms with Gasteiger partial charge in [-0.3, -0.25) is 9.59 Å². The number of hydrogen-bond donors (Lipinski definition) is 1. The third-order valence-corrected chi connectivity index (χ3v) is 5.51. The number of amides is 2. The number of nitrogens with one attached hydrogen (secondary N) is 1. The van der Waals surface area contributed by atoms with Gasteiger partial charge in [0.1, 0.15) is 18.5 Å². The number of hydrogen-bond acceptors (Lipinski definition) is 4. The summed E-state index contributed by atoms with van der Waals surface area (Å²) < 4.78 is 46.1. The van der Waals surface area contributed by atoms with E-state index in [1.165, 1.54) is 11.0 Å². The molecule has 3 rings (SSSR count). The van der Waals surface area contributed by atoms with Gasteiger partial charge in [-0.1, -0.05) is 25.5 Å². The number of carbonyl (C=O) groups is 3. The molecule has 1 aromatic rings. The molecule has 9 heteroatoms. The van der Waals surface area contributed by atoms with Gasteiger partial charge in [-0.05, 0) is 24.8 Å². The molecule has 0 bridgehead atoms. The lowest BCUT2D eigenvalue weighted by Gasteiger charge is -2.26. The first-order chi connectivity index (χ1) is 14.8. The predicted octanol–water partition coefficient (Wildman–Crippen LogP) is 3.00. The maximum Gasteiger partial charge on any atom is 0.328 e. The fourth-order valence-electron chi connectivity index (χ4n) is 3.74. The zero-order valence-corrected chi connectivity index (χ0v) is 17.0. The number of ether oxygens (including phenoxy) is 1. The zero-order chi connectivity index (χ0) is 22.5. The van der Waals surface area contributed by atoms with Gasteiger partial charge in [0.15, 0.2) is 11.6 Å². The van der Waals surface area contributed by atoms with Crippen LogP contribution in [-0.2, 0) is 25.7 Å². The largest absolute Gasteiger partial charge is 0.460 e. The van der Waals surface area contributed by atoms with Gasteiger partial charge < -0.3 is 15.0 Å². The van der Waals surface area contributed by atoms with Crippen LogP contribution in [0, 0.1) is 23.4 Å². The number of carbonyl (C=O) groups excluding carboxylic acids is 3. The summed E-state index contributed by atoms with van der Waals surface area (Å²) in [6, 6.07) is -0.0899. The number of benzene rings is 1. The number of likely N-dealkylation sites (tertiary alicyclic amines) is 1. The van der Waals surface area contributed by atoms with Crippen molar-refractivity contribution in [2.45, 2.75) is 57.2 Å². The molecule has 1 aliphatic carbocycles. The molecule has 2 fully saturated rings. The number of esters is 1. The second-order valence-corrected chi connectivity index (χ2v) is 8.00. The van der Waals surface area contributed by atoms with Crippen LogP contribution >= 0.6 is 0 Å². The smallest absolute Gasteiger partial charge is 0.328 e. The Morgan fingerprint density at radius 3 is 2.68 bits per heavy atom. The Morgan fingerprint density at radius 2 is 2.00 bits per heavy atom. The third-order valence-electron chi connectivity index (χ3n) is 5.51. The van der Waals surface area contributed by atoms with Crippen LogP contribution < -0.4 is 5.32 Å². The highest BCUT2D eigenvalue weighted by molar-refractivity contribution is 5.86. The highest BCUT2D eigenvalue weighted by atomic mass is 19.2. The van der Waals surface area contributed by atoms with E-state index in [4.69, 9.17) is 4.74 Å². The van der Waals surface area contributed by atoms with E-state index in [9.17, 15) is 27.6 Å². The highest BCUT2D eigenvalue weighted by Gasteiger charge is 2.35. The van der Waals surface area contributed by atoms with Crippen molar-refractivity contribution in [1.29, 1.82) is 0 Å². The lowest BCUT2D eigenvalue weighted by molar-refractivity contribution is -0.147. The second-order valence-electron chi connectivity index (χ2n) is 8.00. The van der Waals surface area contributed by atoms with Gasteiger partial charge >= 0.3 is 5.97 Å². The number of rotatable bonds is 10. The Hall–Kier alpha value is -2.84.